The van der Waals surface area contributed by atoms with Crippen LogP contribution in [-0.4, -0.2) is 74.9 Å². The molecular weight excluding hydrogens is 500 g/mol. The molecule has 2 aromatic carbocycles. The second kappa shape index (κ2) is 11.3. The van der Waals surface area contributed by atoms with Crippen molar-refractivity contribution in [2.24, 2.45) is 0 Å². The van der Waals surface area contributed by atoms with Gasteiger partial charge in [-0.3, -0.25) is 4.90 Å². The zero-order valence-electron chi connectivity index (χ0n) is 23.1. The van der Waals surface area contributed by atoms with E-state index >= 15 is 0 Å². The fraction of sp³-hybridized carbons (Fsp3) is 0.567. The Morgan fingerprint density at radius 2 is 1.76 bits per heavy atom. The molecule has 1 saturated carbocycles. The monoisotopic (exact) mass is 540 g/mol. The zero-order chi connectivity index (χ0) is 26.9. The Morgan fingerprint density at radius 1 is 1.00 bits per heavy atom. The minimum atomic E-state index is -0.164. The third-order valence-corrected chi connectivity index (χ3v) is 9.43. The van der Waals surface area contributed by atoms with E-state index in [2.05, 4.69) is 39.6 Å². The summed E-state index contributed by atoms with van der Waals surface area (Å²) >= 11 is 6.17. The predicted octanol–water partition coefficient (Wildman–Crippen LogP) is 5.45. The Bertz CT molecular complexity index is 1150. The maximum absolute atomic E-state index is 13.0. The predicted molar refractivity (Wildman–Crippen MR) is 153 cm³/mol. The van der Waals surface area contributed by atoms with Gasteiger partial charge in [-0.15, -0.1) is 0 Å². The highest BCUT2D eigenvalue weighted by Gasteiger charge is 2.53. The first-order chi connectivity index (χ1) is 18.3. The van der Waals surface area contributed by atoms with E-state index < -0.39 is 0 Å². The maximum Gasteiger partial charge on any atom is 0.319 e. The summed E-state index contributed by atoms with van der Waals surface area (Å²) in [5, 5.41) is 6.93. The smallest absolute Gasteiger partial charge is 0.319 e. The lowest BCUT2D eigenvalue weighted by Gasteiger charge is -2.48. The van der Waals surface area contributed by atoms with Crippen LogP contribution in [-0.2, 0) is 5.41 Å². The second-order valence-corrected chi connectivity index (χ2v) is 11.7. The number of nitrogens with one attached hydrogen (secondary N) is 2. The van der Waals surface area contributed by atoms with Crippen LogP contribution >= 0.6 is 11.6 Å². The number of urea groups is 1. The number of carbonyl (C=O) groups excluding carboxylic acids is 1. The van der Waals surface area contributed by atoms with Crippen LogP contribution in [0.1, 0.15) is 49.7 Å². The van der Waals surface area contributed by atoms with Gasteiger partial charge in [-0.2, -0.15) is 0 Å². The molecule has 1 aliphatic carbocycles. The van der Waals surface area contributed by atoms with Gasteiger partial charge in [0.15, 0.2) is 11.5 Å². The highest BCUT2D eigenvalue weighted by atomic mass is 35.5. The molecular formula is C30H41ClN4O3. The van der Waals surface area contributed by atoms with Gasteiger partial charge in [0.25, 0.3) is 0 Å². The Kier molecular flexibility index (Phi) is 8.08. The highest BCUT2D eigenvalue weighted by molar-refractivity contribution is 6.31. The van der Waals surface area contributed by atoms with Gasteiger partial charge >= 0.3 is 6.03 Å². The summed E-state index contributed by atoms with van der Waals surface area (Å²) in [5.41, 5.74) is 3.11. The van der Waals surface area contributed by atoms with E-state index in [9.17, 15) is 4.79 Å². The summed E-state index contributed by atoms with van der Waals surface area (Å²) < 4.78 is 11.2. The first kappa shape index (κ1) is 27.1. The molecule has 5 rings (SSSR count). The maximum atomic E-state index is 13.0. The number of rotatable bonds is 6. The van der Waals surface area contributed by atoms with Gasteiger partial charge in [-0.1, -0.05) is 23.7 Å². The van der Waals surface area contributed by atoms with E-state index in [0.29, 0.717) is 17.1 Å². The van der Waals surface area contributed by atoms with E-state index in [4.69, 9.17) is 21.1 Å². The van der Waals surface area contributed by atoms with Gasteiger partial charge in [0.1, 0.15) is 0 Å². The minimum Gasteiger partial charge on any atom is -0.493 e. The molecule has 2 aliphatic heterocycles. The third kappa shape index (κ3) is 5.33. The average Bonchev–Trinajstić information content (AvgIpc) is 3.30. The molecule has 0 radical (unpaired) electrons. The number of likely N-dealkylation sites (tertiary alicyclic amines) is 2. The van der Waals surface area contributed by atoms with Crippen LogP contribution in [0.25, 0.3) is 0 Å². The second-order valence-electron chi connectivity index (χ2n) is 11.3. The summed E-state index contributed by atoms with van der Waals surface area (Å²) in [6.45, 7) is 5.34. The van der Waals surface area contributed by atoms with E-state index in [1.54, 1.807) is 20.3 Å². The van der Waals surface area contributed by atoms with Crippen molar-refractivity contribution >= 4 is 23.3 Å². The third-order valence-electron chi connectivity index (χ3n) is 9.20. The molecule has 2 amide bonds. The standard InChI is InChI=1S/C30H41ClN4O3/c1-20-5-7-22(31)18-25(20)33-29(36)32-23-9-12-30(21-6-8-26(37-3)27(17-21)38-4)13-16-35(28(30)19-23)24-10-14-34(2)15-11-24/h5-8,17-18,23-24,28H,9-16,19H2,1-4H3,(H2,32,33,36)/t23-,28+,30+/m1/s1. The Hall–Kier alpha value is -2.48. The number of carbonyl (C=O) groups is 1. The lowest BCUT2D eigenvalue weighted by atomic mass is 9.65. The zero-order valence-corrected chi connectivity index (χ0v) is 23.8. The van der Waals surface area contributed by atoms with Gasteiger partial charge in [-0.25, -0.2) is 4.79 Å². The molecule has 0 unspecified atom stereocenters. The molecule has 2 saturated heterocycles. The number of anilines is 1. The number of methoxy groups -OCH3 is 2. The molecule has 2 aromatic rings. The van der Waals surface area contributed by atoms with Crippen molar-refractivity contribution < 1.29 is 14.3 Å². The summed E-state index contributed by atoms with van der Waals surface area (Å²) in [5.74, 6) is 1.55. The van der Waals surface area contributed by atoms with Crippen LogP contribution in [0.15, 0.2) is 36.4 Å². The SMILES string of the molecule is COc1ccc([C@@]23CC[C@@H](NC(=O)Nc4cc(Cl)ccc4C)C[C@@H]2N(C2CCN(C)CC2)CC3)cc1OC. The van der Waals surface area contributed by atoms with Crippen LogP contribution < -0.4 is 20.1 Å². The average molecular weight is 541 g/mol. The topological polar surface area (TPSA) is 66.1 Å². The van der Waals surface area contributed by atoms with E-state index in [0.717, 1.165) is 68.1 Å². The first-order valence-corrected chi connectivity index (χ1v) is 14.2. The van der Waals surface area contributed by atoms with Crippen molar-refractivity contribution in [3.05, 3.63) is 52.5 Å². The number of aryl methyl sites for hydroxylation is 1. The lowest BCUT2D eigenvalue weighted by Crippen LogP contribution is -2.56. The molecule has 0 bridgehead atoms. The summed E-state index contributed by atoms with van der Waals surface area (Å²) in [6, 6.07) is 12.9. The number of piperidine rings is 1. The van der Waals surface area contributed by atoms with Gasteiger partial charge in [-0.05, 0) is 108 Å². The number of hydrogen-bond acceptors (Lipinski definition) is 5. The van der Waals surface area contributed by atoms with Crippen molar-refractivity contribution in [3.8, 4) is 11.5 Å². The van der Waals surface area contributed by atoms with Crippen molar-refractivity contribution in [2.75, 3.05) is 46.2 Å². The van der Waals surface area contributed by atoms with Crippen LogP contribution in [0.4, 0.5) is 10.5 Å². The number of halogens is 1. The molecule has 3 atom stereocenters. The number of benzene rings is 2. The summed E-state index contributed by atoms with van der Waals surface area (Å²) in [4.78, 5) is 18.3. The number of hydrogen-bond donors (Lipinski definition) is 2. The molecule has 2 heterocycles. The van der Waals surface area contributed by atoms with Crippen LogP contribution in [0.2, 0.25) is 5.02 Å². The fourth-order valence-corrected chi connectivity index (χ4v) is 7.21. The largest absolute Gasteiger partial charge is 0.493 e. The van der Waals surface area contributed by atoms with Gasteiger partial charge in [0.2, 0.25) is 0 Å². The summed E-state index contributed by atoms with van der Waals surface area (Å²) in [7, 11) is 5.61. The van der Waals surface area contributed by atoms with Crippen molar-refractivity contribution in [3.63, 3.8) is 0 Å². The number of nitrogens with zero attached hydrogens (tertiary/aromatic N) is 2. The van der Waals surface area contributed by atoms with E-state index in [1.165, 1.54) is 18.4 Å². The van der Waals surface area contributed by atoms with Crippen molar-refractivity contribution in [2.45, 2.75) is 69.0 Å². The molecule has 206 valence electrons. The van der Waals surface area contributed by atoms with E-state index in [1.807, 2.05) is 25.1 Å². The molecule has 7 nitrogen and oxygen atoms in total. The minimum absolute atomic E-state index is 0.0428. The normalized spacial score (nSPS) is 26.6. The van der Waals surface area contributed by atoms with Gasteiger partial charge in [0, 0.05) is 34.3 Å². The molecule has 3 fully saturated rings. The lowest BCUT2D eigenvalue weighted by molar-refractivity contribution is 0.0673. The van der Waals surface area contributed by atoms with Crippen LogP contribution in [0.5, 0.6) is 11.5 Å². The molecule has 38 heavy (non-hydrogen) atoms. The number of fused-ring (bicyclic) bond motifs is 1. The molecule has 0 spiro atoms. The van der Waals surface area contributed by atoms with Crippen molar-refractivity contribution in [1.82, 2.24) is 15.1 Å². The van der Waals surface area contributed by atoms with Crippen LogP contribution in [0, 0.1) is 6.92 Å². The Balaban J connectivity index is 1.38. The fourth-order valence-electron chi connectivity index (χ4n) is 7.03. The summed E-state index contributed by atoms with van der Waals surface area (Å²) in [6.07, 6.45) is 6.41. The van der Waals surface area contributed by atoms with Gasteiger partial charge in [0.05, 0.1) is 14.2 Å². The molecule has 8 heteroatoms. The Labute approximate surface area is 231 Å². The van der Waals surface area contributed by atoms with Gasteiger partial charge < -0.3 is 25.0 Å². The van der Waals surface area contributed by atoms with Crippen LogP contribution in [0.3, 0.4) is 0 Å². The Morgan fingerprint density at radius 3 is 2.50 bits per heavy atom. The molecule has 0 aromatic heterocycles. The quantitative estimate of drug-likeness (QED) is 0.510. The first-order valence-electron chi connectivity index (χ1n) is 13.8. The molecule has 3 aliphatic rings. The van der Waals surface area contributed by atoms with Crippen molar-refractivity contribution in [1.29, 1.82) is 0 Å². The highest BCUT2D eigenvalue weighted by Crippen LogP contribution is 2.51. The van der Waals surface area contributed by atoms with E-state index in [-0.39, 0.29) is 17.5 Å². The molecule has 2 N–H and O–H groups in total. The number of amides is 2. The number of ether oxygens (including phenoxy) is 2.